The summed E-state index contributed by atoms with van der Waals surface area (Å²) in [5, 5.41) is 10.4. The molecule has 0 saturated carbocycles. The number of nitrogens with zero attached hydrogens (tertiary/aromatic N) is 3. The molecular formula is C9H7F4N3O2. The van der Waals surface area contributed by atoms with Crippen LogP contribution in [0.4, 0.5) is 29.1 Å². The van der Waals surface area contributed by atoms with Crippen LogP contribution in [0.3, 0.4) is 0 Å². The van der Waals surface area contributed by atoms with E-state index in [9.17, 15) is 27.7 Å². The van der Waals surface area contributed by atoms with Crippen LogP contribution < -0.4 is 4.90 Å². The zero-order chi connectivity index (χ0) is 13.6. The lowest BCUT2D eigenvalue weighted by molar-refractivity contribution is -0.385. The molecule has 2 rings (SSSR count). The molecule has 9 heteroatoms. The molecule has 0 N–H and O–H groups in total. The number of pyridine rings is 1. The number of alkyl halides is 4. The quantitative estimate of drug-likeness (QED) is 0.466. The van der Waals surface area contributed by atoms with Crippen molar-refractivity contribution in [3.8, 4) is 0 Å². The van der Waals surface area contributed by atoms with Crippen molar-refractivity contribution in [3.63, 3.8) is 0 Å². The SMILES string of the molecule is O=[N+]([O-])c1ccc(N2CC(F)(F)C(F)(F)C2)nc1. The first-order valence-corrected chi connectivity index (χ1v) is 4.84. The maximum atomic E-state index is 12.9. The number of anilines is 1. The standard InChI is InChI=1S/C9H7F4N3O2/c10-8(11)4-15(5-9(8,12)13)7-2-1-6(3-14-7)16(17)18/h1-3H,4-5H2. The van der Waals surface area contributed by atoms with E-state index in [4.69, 9.17) is 0 Å². The summed E-state index contributed by atoms with van der Waals surface area (Å²) < 4.78 is 51.8. The normalized spacial score (nSPS) is 21.0. The fourth-order valence-corrected chi connectivity index (χ4v) is 1.60. The summed E-state index contributed by atoms with van der Waals surface area (Å²) in [6, 6.07) is 2.09. The van der Waals surface area contributed by atoms with Gasteiger partial charge < -0.3 is 4.90 Å². The molecule has 1 aliphatic rings. The number of aromatic nitrogens is 1. The third-order valence-corrected chi connectivity index (χ3v) is 2.58. The first kappa shape index (κ1) is 12.5. The Hall–Kier alpha value is -1.93. The van der Waals surface area contributed by atoms with Gasteiger partial charge in [0.1, 0.15) is 12.0 Å². The zero-order valence-electron chi connectivity index (χ0n) is 8.82. The molecule has 5 nitrogen and oxygen atoms in total. The fourth-order valence-electron chi connectivity index (χ4n) is 1.60. The molecule has 0 spiro atoms. The highest BCUT2D eigenvalue weighted by Crippen LogP contribution is 2.42. The van der Waals surface area contributed by atoms with Crippen LogP contribution in [0.5, 0.6) is 0 Å². The lowest BCUT2D eigenvalue weighted by atomic mass is 10.2. The summed E-state index contributed by atoms with van der Waals surface area (Å²) in [6.45, 7) is -2.32. The Kier molecular flexibility index (Phi) is 2.63. The number of hydrogen-bond donors (Lipinski definition) is 0. The fraction of sp³-hybridized carbons (Fsp3) is 0.444. The molecule has 0 aromatic carbocycles. The third kappa shape index (κ3) is 1.95. The molecule has 0 atom stereocenters. The van der Waals surface area contributed by atoms with Crippen molar-refractivity contribution in [1.29, 1.82) is 0 Å². The van der Waals surface area contributed by atoms with E-state index < -0.39 is 29.9 Å². The Bertz CT molecular complexity index is 461. The maximum absolute atomic E-state index is 12.9. The van der Waals surface area contributed by atoms with Crippen LogP contribution in [0.25, 0.3) is 0 Å². The van der Waals surface area contributed by atoms with Gasteiger partial charge in [-0.3, -0.25) is 10.1 Å². The molecule has 1 fully saturated rings. The predicted octanol–water partition coefficient (Wildman–Crippen LogP) is 2.08. The van der Waals surface area contributed by atoms with Gasteiger partial charge in [0, 0.05) is 6.07 Å². The minimum absolute atomic E-state index is 0.141. The highest BCUT2D eigenvalue weighted by atomic mass is 19.3. The lowest BCUT2D eigenvalue weighted by Crippen LogP contribution is -2.38. The second-order valence-electron chi connectivity index (χ2n) is 3.90. The topological polar surface area (TPSA) is 59.3 Å². The molecule has 98 valence electrons. The van der Waals surface area contributed by atoms with Crippen LogP contribution in [0.1, 0.15) is 0 Å². The van der Waals surface area contributed by atoms with Gasteiger partial charge in [0.25, 0.3) is 5.69 Å². The zero-order valence-corrected chi connectivity index (χ0v) is 8.82. The summed E-state index contributed by atoms with van der Waals surface area (Å²) in [5.74, 6) is -8.40. The van der Waals surface area contributed by atoms with E-state index in [0.29, 0.717) is 4.90 Å². The van der Waals surface area contributed by atoms with E-state index in [1.807, 2.05) is 0 Å². The van der Waals surface area contributed by atoms with Crippen molar-refractivity contribution in [2.75, 3.05) is 18.0 Å². The number of halogens is 4. The average Bonchev–Trinajstić information content (AvgIpc) is 2.48. The maximum Gasteiger partial charge on any atom is 0.329 e. The van der Waals surface area contributed by atoms with Gasteiger partial charge in [0.15, 0.2) is 0 Å². The molecule has 18 heavy (non-hydrogen) atoms. The molecule has 1 aromatic rings. The van der Waals surface area contributed by atoms with Gasteiger partial charge in [-0.15, -0.1) is 0 Å². The van der Waals surface area contributed by atoms with Crippen molar-refractivity contribution >= 4 is 11.5 Å². The Balaban J connectivity index is 2.22. The molecule has 1 saturated heterocycles. The van der Waals surface area contributed by atoms with Crippen molar-refractivity contribution in [2.45, 2.75) is 11.8 Å². The van der Waals surface area contributed by atoms with Crippen molar-refractivity contribution < 1.29 is 22.5 Å². The molecule has 0 unspecified atom stereocenters. The smallest absolute Gasteiger partial charge is 0.329 e. The van der Waals surface area contributed by atoms with E-state index in [-0.39, 0.29) is 11.5 Å². The minimum Gasteiger partial charge on any atom is -0.344 e. The predicted molar refractivity (Wildman–Crippen MR) is 53.0 cm³/mol. The Morgan fingerprint density at radius 2 is 1.78 bits per heavy atom. The van der Waals surface area contributed by atoms with E-state index in [2.05, 4.69) is 4.98 Å². The molecule has 0 amide bonds. The second kappa shape index (κ2) is 3.79. The highest BCUT2D eigenvalue weighted by Gasteiger charge is 2.63. The summed E-state index contributed by atoms with van der Waals surface area (Å²) >= 11 is 0. The Labute approximate surface area is 98.2 Å². The van der Waals surface area contributed by atoms with Crippen LogP contribution in [0, 0.1) is 10.1 Å². The number of nitro groups is 1. The van der Waals surface area contributed by atoms with Gasteiger partial charge in [0.2, 0.25) is 0 Å². The summed E-state index contributed by atoms with van der Waals surface area (Å²) in [6.07, 6.45) is 0.837. The number of rotatable bonds is 2. The Morgan fingerprint density at radius 3 is 2.17 bits per heavy atom. The lowest BCUT2D eigenvalue weighted by Gasteiger charge is -2.14. The van der Waals surface area contributed by atoms with Crippen LogP contribution in [-0.2, 0) is 0 Å². The molecule has 1 aliphatic heterocycles. The monoisotopic (exact) mass is 265 g/mol. The molecule has 0 bridgehead atoms. The van der Waals surface area contributed by atoms with Gasteiger partial charge in [0.05, 0.1) is 18.0 Å². The van der Waals surface area contributed by atoms with Gasteiger partial charge in [-0.05, 0) is 6.07 Å². The first-order valence-electron chi connectivity index (χ1n) is 4.84. The molecular weight excluding hydrogens is 258 g/mol. The number of hydrogen-bond acceptors (Lipinski definition) is 4. The summed E-state index contributed by atoms with van der Waals surface area (Å²) in [7, 11) is 0. The van der Waals surface area contributed by atoms with E-state index in [1.54, 1.807) is 0 Å². The summed E-state index contributed by atoms with van der Waals surface area (Å²) in [4.78, 5) is 13.9. The van der Waals surface area contributed by atoms with Gasteiger partial charge >= 0.3 is 11.8 Å². The van der Waals surface area contributed by atoms with Crippen LogP contribution in [-0.4, -0.2) is 34.8 Å². The van der Waals surface area contributed by atoms with Crippen LogP contribution in [0.2, 0.25) is 0 Å². The molecule has 2 heterocycles. The summed E-state index contributed by atoms with van der Waals surface area (Å²) in [5.41, 5.74) is -0.337. The molecule has 0 aliphatic carbocycles. The Morgan fingerprint density at radius 1 is 1.22 bits per heavy atom. The van der Waals surface area contributed by atoms with E-state index in [1.165, 1.54) is 0 Å². The van der Waals surface area contributed by atoms with Crippen molar-refractivity contribution in [2.24, 2.45) is 0 Å². The highest BCUT2D eigenvalue weighted by molar-refractivity contribution is 5.45. The van der Waals surface area contributed by atoms with Gasteiger partial charge in [-0.25, -0.2) is 4.98 Å². The largest absolute Gasteiger partial charge is 0.344 e. The van der Waals surface area contributed by atoms with Crippen LogP contribution in [0.15, 0.2) is 18.3 Å². The molecule has 1 aromatic heterocycles. The van der Waals surface area contributed by atoms with Crippen molar-refractivity contribution in [3.05, 3.63) is 28.4 Å². The second-order valence-corrected chi connectivity index (χ2v) is 3.90. The molecule has 0 radical (unpaired) electrons. The first-order chi connectivity index (χ1) is 8.23. The van der Waals surface area contributed by atoms with Crippen molar-refractivity contribution in [1.82, 2.24) is 4.98 Å². The van der Waals surface area contributed by atoms with E-state index >= 15 is 0 Å². The third-order valence-electron chi connectivity index (χ3n) is 2.58. The van der Waals surface area contributed by atoms with Gasteiger partial charge in [-0.1, -0.05) is 0 Å². The minimum atomic E-state index is -4.13. The average molecular weight is 265 g/mol. The van der Waals surface area contributed by atoms with Gasteiger partial charge in [-0.2, -0.15) is 17.6 Å². The van der Waals surface area contributed by atoms with E-state index in [0.717, 1.165) is 18.3 Å². The van der Waals surface area contributed by atoms with Crippen LogP contribution >= 0.6 is 0 Å².